The van der Waals surface area contributed by atoms with Gasteiger partial charge in [-0.25, -0.2) is 0 Å². The number of hydrogen-bond donors (Lipinski definition) is 3. The lowest BCUT2D eigenvalue weighted by molar-refractivity contribution is -0.117. The van der Waals surface area contributed by atoms with E-state index < -0.39 is 6.23 Å². The van der Waals surface area contributed by atoms with Gasteiger partial charge in [-0.1, -0.05) is 18.2 Å². The standard InChI is InChI=1S/C15H20N2O4/c1-17-10-12(13(18)15(17)20)14(19)16-8-5-9-21-11-6-3-2-4-7-11/h2-4,6-7,15,18,20H,5,8-10H2,1H3,(H,16,19). The molecule has 1 aliphatic rings. The second-order valence-electron chi connectivity index (χ2n) is 4.92. The molecule has 1 aromatic carbocycles. The van der Waals surface area contributed by atoms with Crippen LogP contribution in [0.5, 0.6) is 5.75 Å². The summed E-state index contributed by atoms with van der Waals surface area (Å²) in [5.74, 6) is 0.177. The van der Waals surface area contributed by atoms with Gasteiger partial charge in [-0.2, -0.15) is 0 Å². The number of carbonyl (C=O) groups is 1. The SMILES string of the molecule is CN1CC(C(=O)NCCCOc2ccccc2)=C(O)C1O. The second kappa shape index (κ2) is 7.10. The van der Waals surface area contributed by atoms with Gasteiger partial charge in [0, 0.05) is 13.1 Å². The first-order chi connectivity index (χ1) is 10.1. The van der Waals surface area contributed by atoms with Gasteiger partial charge in [0.05, 0.1) is 12.2 Å². The monoisotopic (exact) mass is 292 g/mol. The number of aliphatic hydroxyl groups is 2. The van der Waals surface area contributed by atoms with Crippen molar-refractivity contribution in [2.75, 3.05) is 26.7 Å². The summed E-state index contributed by atoms with van der Waals surface area (Å²) < 4.78 is 5.51. The van der Waals surface area contributed by atoms with E-state index in [4.69, 9.17) is 4.74 Å². The number of ether oxygens (including phenoxy) is 1. The van der Waals surface area contributed by atoms with Crippen molar-refractivity contribution in [3.63, 3.8) is 0 Å². The smallest absolute Gasteiger partial charge is 0.252 e. The van der Waals surface area contributed by atoms with Gasteiger partial charge in [-0.15, -0.1) is 0 Å². The molecule has 1 amide bonds. The predicted octanol–water partition coefficient (Wildman–Crippen LogP) is 0.648. The lowest BCUT2D eigenvalue weighted by atomic mass is 10.2. The molecule has 3 N–H and O–H groups in total. The molecular formula is C15H20N2O4. The second-order valence-corrected chi connectivity index (χ2v) is 4.92. The van der Waals surface area contributed by atoms with Crippen molar-refractivity contribution in [2.24, 2.45) is 0 Å². The Hall–Kier alpha value is -2.05. The van der Waals surface area contributed by atoms with Crippen LogP contribution in [0.4, 0.5) is 0 Å². The zero-order chi connectivity index (χ0) is 15.2. The Morgan fingerprint density at radius 1 is 1.43 bits per heavy atom. The van der Waals surface area contributed by atoms with Gasteiger partial charge in [-0.3, -0.25) is 9.69 Å². The number of hydrogen-bond acceptors (Lipinski definition) is 5. The Kier molecular flexibility index (Phi) is 5.19. The summed E-state index contributed by atoms with van der Waals surface area (Å²) in [6, 6.07) is 9.46. The van der Waals surface area contributed by atoms with Crippen molar-refractivity contribution in [3.05, 3.63) is 41.7 Å². The highest BCUT2D eigenvalue weighted by Crippen LogP contribution is 2.19. The normalized spacial score (nSPS) is 18.9. The van der Waals surface area contributed by atoms with Crippen LogP contribution in [-0.4, -0.2) is 54.0 Å². The highest BCUT2D eigenvalue weighted by Gasteiger charge is 2.31. The van der Waals surface area contributed by atoms with E-state index in [1.165, 1.54) is 4.90 Å². The fraction of sp³-hybridized carbons (Fsp3) is 0.400. The highest BCUT2D eigenvalue weighted by molar-refractivity contribution is 5.94. The maximum absolute atomic E-state index is 11.9. The first-order valence-electron chi connectivity index (χ1n) is 6.86. The van der Waals surface area contributed by atoms with E-state index in [-0.39, 0.29) is 23.8 Å². The van der Waals surface area contributed by atoms with Crippen molar-refractivity contribution in [1.82, 2.24) is 10.2 Å². The predicted molar refractivity (Wildman–Crippen MR) is 77.9 cm³/mol. The van der Waals surface area contributed by atoms with Crippen LogP contribution < -0.4 is 10.1 Å². The van der Waals surface area contributed by atoms with Gasteiger partial charge in [-0.05, 0) is 25.6 Å². The Morgan fingerprint density at radius 3 is 2.76 bits per heavy atom. The summed E-state index contributed by atoms with van der Waals surface area (Å²) in [7, 11) is 1.63. The molecule has 0 saturated heterocycles. The number of aliphatic hydroxyl groups excluding tert-OH is 2. The van der Waals surface area contributed by atoms with Gasteiger partial charge >= 0.3 is 0 Å². The molecule has 0 aliphatic carbocycles. The van der Waals surface area contributed by atoms with Crippen LogP contribution in [0.3, 0.4) is 0 Å². The van der Waals surface area contributed by atoms with Crippen molar-refractivity contribution >= 4 is 5.91 Å². The van der Waals surface area contributed by atoms with Gasteiger partial charge in [0.25, 0.3) is 5.91 Å². The molecule has 1 atom stereocenters. The number of carbonyl (C=O) groups excluding carboxylic acids is 1. The molecule has 2 rings (SSSR count). The Bertz CT molecular complexity index is 516. The Labute approximate surface area is 123 Å². The summed E-state index contributed by atoms with van der Waals surface area (Å²) >= 11 is 0. The van der Waals surface area contributed by atoms with Gasteiger partial charge in [0.1, 0.15) is 11.5 Å². The molecule has 0 bridgehead atoms. The average molecular weight is 292 g/mol. The molecule has 6 nitrogen and oxygen atoms in total. The molecule has 0 aromatic heterocycles. The average Bonchev–Trinajstić information content (AvgIpc) is 2.75. The van der Waals surface area contributed by atoms with Gasteiger partial charge in [0.15, 0.2) is 6.23 Å². The van der Waals surface area contributed by atoms with Gasteiger partial charge in [0.2, 0.25) is 0 Å². The van der Waals surface area contributed by atoms with Crippen LogP contribution in [0.1, 0.15) is 6.42 Å². The third kappa shape index (κ3) is 3.96. The minimum absolute atomic E-state index is 0.217. The third-order valence-electron chi connectivity index (χ3n) is 3.27. The van der Waals surface area contributed by atoms with E-state index in [9.17, 15) is 15.0 Å². The third-order valence-corrected chi connectivity index (χ3v) is 3.27. The van der Waals surface area contributed by atoms with E-state index in [2.05, 4.69) is 5.32 Å². The van der Waals surface area contributed by atoms with Crippen LogP contribution in [-0.2, 0) is 4.79 Å². The Morgan fingerprint density at radius 2 is 2.14 bits per heavy atom. The molecule has 1 unspecified atom stereocenters. The number of likely N-dealkylation sites (N-methyl/N-ethyl adjacent to an activating group) is 1. The fourth-order valence-corrected chi connectivity index (χ4v) is 2.06. The van der Waals surface area contributed by atoms with Crippen molar-refractivity contribution in [2.45, 2.75) is 12.6 Å². The van der Waals surface area contributed by atoms with Crippen molar-refractivity contribution in [3.8, 4) is 5.75 Å². The summed E-state index contributed by atoms with van der Waals surface area (Å²) in [6.45, 7) is 1.18. The van der Waals surface area contributed by atoms with Crippen LogP contribution in [0.15, 0.2) is 41.7 Å². The minimum Gasteiger partial charge on any atom is -0.508 e. The molecule has 21 heavy (non-hydrogen) atoms. The van der Waals surface area contributed by atoms with E-state index in [0.717, 1.165) is 5.75 Å². The molecule has 6 heteroatoms. The first kappa shape index (κ1) is 15.3. The molecule has 0 radical (unpaired) electrons. The number of para-hydroxylation sites is 1. The van der Waals surface area contributed by atoms with E-state index in [0.29, 0.717) is 19.6 Å². The molecule has 1 aromatic rings. The molecule has 1 heterocycles. The molecular weight excluding hydrogens is 272 g/mol. The van der Waals surface area contributed by atoms with E-state index >= 15 is 0 Å². The van der Waals surface area contributed by atoms with Crippen molar-refractivity contribution in [1.29, 1.82) is 0 Å². The molecule has 1 aliphatic heterocycles. The lowest BCUT2D eigenvalue weighted by Gasteiger charge is -2.12. The number of benzene rings is 1. The highest BCUT2D eigenvalue weighted by atomic mass is 16.5. The number of rotatable bonds is 6. The van der Waals surface area contributed by atoms with Crippen molar-refractivity contribution < 1.29 is 19.7 Å². The maximum atomic E-state index is 11.9. The van der Waals surface area contributed by atoms with Gasteiger partial charge < -0.3 is 20.3 Å². The molecule has 114 valence electrons. The van der Waals surface area contributed by atoms with Crippen LogP contribution in [0, 0.1) is 0 Å². The zero-order valence-electron chi connectivity index (χ0n) is 12.0. The largest absolute Gasteiger partial charge is 0.508 e. The summed E-state index contributed by atoms with van der Waals surface area (Å²) in [4.78, 5) is 13.4. The minimum atomic E-state index is -1.09. The number of nitrogens with zero attached hydrogens (tertiary/aromatic N) is 1. The quantitative estimate of drug-likeness (QED) is 0.671. The maximum Gasteiger partial charge on any atom is 0.252 e. The van der Waals surface area contributed by atoms with Crippen LogP contribution >= 0.6 is 0 Å². The molecule has 0 fully saturated rings. The fourth-order valence-electron chi connectivity index (χ4n) is 2.06. The summed E-state index contributed by atoms with van der Waals surface area (Å²) in [5.41, 5.74) is 0.217. The Balaban J connectivity index is 1.68. The number of nitrogens with one attached hydrogen (secondary N) is 1. The summed E-state index contributed by atoms with van der Waals surface area (Å²) in [6.07, 6.45) is -0.431. The molecule has 0 saturated carbocycles. The topological polar surface area (TPSA) is 82.0 Å². The number of amides is 1. The zero-order valence-corrected chi connectivity index (χ0v) is 12.0. The van der Waals surface area contributed by atoms with E-state index in [1.807, 2.05) is 30.3 Å². The van der Waals surface area contributed by atoms with Crippen LogP contribution in [0.25, 0.3) is 0 Å². The van der Waals surface area contributed by atoms with E-state index in [1.54, 1.807) is 7.05 Å². The lowest BCUT2D eigenvalue weighted by Crippen LogP contribution is -2.30. The van der Waals surface area contributed by atoms with Crippen LogP contribution in [0.2, 0.25) is 0 Å². The molecule has 0 spiro atoms. The summed E-state index contributed by atoms with van der Waals surface area (Å²) in [5, 5.41) is 21.9. The first-order valence-corrected chi connectivity index (χ1v) is 6.86.